The van der Waals surface area contributed by atoms with E-state index in [9.17, 15) is 14.7 Å². The third kappa shape index (κ3) is 4.66. The summed E-state index contributed by atoms with van der Waals surface area (Å²) >= 11 is 6.43. The average Bonchev–Trinajstić information content (AvgIpc) is 2.99. The van der Waals surface area contributed by atoms with E-state index in [1.54, 1.807) is 48.5 Å². The highest BCUT2D eigenvalue weighted by Crippen LogP contribution is 2.39. The minimum Gasteiger partial charge on any atom is -0.490 e. The number of aliphatic carboxylic acids is 1. The van der Waals surface area contributed by atoms with E-state index in [0.29, 0.717) is 35.2 Å². The molecule has 1 aliphatic rings. The summed E-state index contributed by atoms with van der Waals surface area (Å²) in [6, 6.07) is 12.8. The Hall–Kier alpha value is -2.84. The lowest BCUT2D eigenvalue weighted by Crippen LogP contribution is -2.37. The third-order valence-electron chi connectivity index (χ3n) is 4.30. The van der Waals surface area contributed by atoms with Crippen LogP contribution in [0.4, 0.5) is 0 Å². The second-order valence-corrected chi connectivity index (χ2v) is 7.95. The fourth-order valence-corrected chi connectivity index (χ4v) is 4.36. The fraction of sp³-hybridized carbons (Fsp3) is 0.227. The van der Waals surface area contributed by atoms with Gasteiger partial charge in [-0.25, -0.2) is 4.79 Å². The van der Waals surface area contributed by atoms with Crippen molar-refractivity contribution in [1.82, 2.24) is 4.90 Å². The molecule has 0 bridgehead atoms. The van der Waals surface area contributed by atoms with Crippen LogP contribution in [0.2, 0.25) is 0 Å². The van der Waals surface area contributed by atoms with Crippen LogP contribution in [-0.4, -0.2) is 39.4 Å². The number of hydrogen-bond acceptors (Lipinski definition) is 6. The zero-order chi connectivity index (χ0) is 21.7. The van der Waals surface area contributed by atoms with Crippen molar-refractivity contribution in [1.29, 1.82) is 0 Å². The Labute approximate surface area is 184 Å². The van der Waals surface area contributed by atoms with E-state index in [0.717, 1.165) is 22.2 Å². The van der Waals surface area contributed by atoms with E-state index in [-0.39, 0.29) is 4.32 Å². The summed E-state index contributed by atoms with van der Waals surface area (Å²) in [6.07, 6.45) is 1.68. The molecule has 6 nitrogen and oxygen atoms in total. The molecule has 1 saturated heterocycles. The highest BCUT2D eigenvalue weighted by molar-refractivity contribution is 8.26. The second kappa shape index (κ2) is 9.77. The molecular formula is C22H21NO5S2. The fourth-order valence-electron chi connectivity index (χ4n) is 3.05. The van der Waals surface area contributed by atoms with Crippen LogP contribution >= 0.6 is 24.0 Å². The number of carbonyl (C=O) groups is 2. The van der Waals surface area contributed by atoms with Crippen LogP contribution < -0.4 is 9.47 Å². The van der Waals surface area contributed by atoms with E-state index in [1.807, 2.05) is 19.9 Å². The van der Waals surface area contributed by atoms with Gasteiger partial charge in [0.25, 0.3) is 5.91 Å². The molecule has 0 aromatic heterocycles. The Morgan fingerprint density at radius 3 is 2.43 bits per heavy atom. The Kier molecular flexibility index (Phi) is 7.12. The predicted octanol–water partition coefficient (Wildman–Crippen LogP) is 4.51. The first-order valence-corrected chi connectivity index (χ1v) is 10.6. The van der Waals surface area contributed by atoms with E-state index < -0.39 is 17.9 Å². The van der Waals surface area contributed by atoms with Crippen LogP contribution in [0.1, 0.15) is 31.0 Å². The van der Waals surface area contributed by atoms with Gasteiger partial charge in [0.05, 0.1) is 18.1 Å². The third-order valence-corrected chi connectivity index (χ3v) is 5.63. The lowest BCUT2D eigenvalue weighted by atomic mass is 10.1. The molecule has 1 atom stereocenters. The summed E-state index contributed by atoms with van der Waals surface area (Å²) in [5.74, 6) is -0.373. The summed E-state index contributed by atoms with van der Waals surface area (Å²) in [6.45, 7) is 4.75. The Bertz CT molecular complexity index is 990. The van der Waals surface area contributed by atoms with E-state index in [4.69, 9.17) is 21.7 Å². The van der Waals surface area contributed by atoms with Crippen LogP contribution in [0.25, 0.3) is 6.08 Å². The molecule has 1 amide bonds. The van der Waals surface area contributed by atoms with Crippen LogP contribution in [0.3, 0.4) is 0 Å². The molecule has 0 spiro atoms. The number of hydrogen-bond donors (Lipinski definition) is 1. The van der Waals surface area contributed by atoms with Crippen molar-refractivity contribution >= 4 is 46.3 Å². The van der Waals surface area contributed by atoms with Crippen molar-refractivity contribution in [3.8, 4) is 11.5 Å². The van der Waals surface area contributed by atoms with Gasteiger partial charge in [-0.2, -0.15) is 0 Å². The summed E-state index contributed by atoms with van der Waals surface area (Å²) in [7, 11) is 0. The monoisotopic (exact) mass is 443 g/mol. The van der Waals surface area contributed by atoms with Gasteiger partial charge < -0.3 is 14.6 Å². The Balaban J connectivity index is 1.93. The minimum absolute atomic E-state index is 0.207. The van der Waals surface area contributed by atoms with Crippen LogP contribution in [0.15, 0.2) is 53.4 Å². The zero-order valence-corrected chi connectivity index (χ0v) is 18.2. The van der Waals surface area contributed by atoms with E-state index in [1.165, 1.54) is 0 Å². The van der Waals surface area contributed by atoms with E-state index in [2.05, 4.69) is 0 Å². The van der Waals surface area contributed by atoms with Gasteiger partial charge in [0.1, 0.15) is 4.32 Å². The van der Waals surface area contributed by atoms with Crippen molar-refractivity contribution in [2.45, 2.75) is 19.9 Å². The standard InChI is InChI=1S/C22H21NO5S2/c1-3-27-16-11-10-14(12-17(16)28-4-2)13-18-20(24)23(22(29)30-18)19(21(25)26)15-8-6-5-7-9-15/h5-13,19H,3-4H2,1-2H3,(H,25,26)/b18-13-/t19-/m0/s1. The summed E-state index contributed by atoms with van der Waals surface area (Å²) in [5.41, 5.74) is 1.22. The Morgan fingerprint density at radius 2 is 1.80 bits per heavy atom. The highest BCUT2D eigenvalue weighted by atomic mass is 32.2. The van der Waals surface area contributed by atoms with Crippen molar-refractivity contribution in [2.24, 2.45) is 0 Å². The van der Waals surface area contributed by atoms with Gasteiger partial charge in [-0.05, 0) is 43.2 Å². The first-order chi connectivity index (χ1) is 14.5. The number of benzene rings is 2. The molecule has 156 valence electrons. The molecule has 1 heterocycles. The van der Waals surface area contributed by atoms with Crippen molar-refractivity contribution in [2.75, 3.05) is 13.2 Å². The van der Waals surface area contributed by atoms with Gasteiger partial charge in [0.15, 0.2) is 17.5 Å². The summed E-state index contributed by atoms with van der Waals surface area (Å²) < 4.78 is 11.4. The number of carboxylic acids is 1. The molecular weight excluding hydrogens is 422 g/mol. The zero-order valence-electron chi connectivity index (χ0n) is 16.5. The normalized spacial score (nSPS) is 16.1. The molecule has 1 fully saturated rings. The average molecular weight is 444 g/mol. The number of rotatable bonds is 8. The number of ether oxygens (including phenoxy) is 2. The lowest BCUT2D eigenvalue weighted by Gasteiger charge is -2.23. The van der Waals surface area contributed by atoms with Crippen LogP contribution in [0.5, 0.6) is 11.5 Å². The summed E-state index contributed by atoms with van der Waals surface area (Å²) in [4.78, 5) is 26.5. The molecule has 0 saturated carbocycles. The topological polar surface area (TPSA) is 76.1 Å². The number of thioether (sulfide) groups is 1. The maximum atomic E-state index is 13.0. The molecule has 30 heavy (non-hydrogen) atoms. The maximum absolute atomic E-state index is 13.0. The molecule has 0 aliphatic carbocycles. The van der Waals surface area contributed by atoms with Crippen molar-refractivity contribution in [3.05, 3.63) is 64.6 Å². The lowest BCUT2D eigenvalue weighted by molar-refractivity contribution is -0.145. The second-order valence-electron chi connectivity index (χ2n) is 6.28. The molecule has 3 rings (SSSR count). The molecule has 0 unspecified atom stereocenters. The molecule has 1 aliphatic heterocycles. The number of carbonyl (C=O) groups excluding carboxylic acids is 1. The maximum Gasteiger partial charge on any atom is 0.331 e. The SMILES string of the molecule is CCOc1ccc(/C=C2\SC(=S)N([C@H](C(=O)O)c3ccccc3)C2=O)cc1OCC. The van der Waals surface area contributed by atoms with Gasteiger partial charge in [0.2, 0.25) is 0 Å². The number of nitrogens with zero attached hydrogens (tertiary/aromatic N) is 1. The van der Waals surface area contributed by atoms with Crippen molar-refractivity contribution in [3.63, 3.8) is 0 Å². The number of carboxylic acid groups (broad SMARTS) is 1. The van der Waals surface area contributed by atoms with Gasteiger partial charge in [0, 0.05) is 0 Å². The van der Waals surface area contributed by atoms with Crippen LogP contribution in [0, 0.1) is 0 Å². The predicted molar refractivity (Wildman–Crippen MR) is 121 cm³/mol. The first kappa shape index (κ1) is 21.9. The largest absolute Gasteiger partial charge is 0.490 e. The molecule has 1 N–H and O–H groups in total. The summed E-state index contributed by atoms with van der Waals surface area (Å²) in [5, 5.41) is 9.76. The van der Waals surface area contributed by atoms with Gasteiger partial charge in [-0.15, -0.1) is 0 Å². The molecule has 2 aromatic rings. The minimum atomic E-state index is -1.18. The van der Waals surface area contributed by atoms with Crippen LogP contribution in [-0.2, 0) is 9.59 Å². The molecule has 2 aromatic carbocycles. The van der Waals surface area contributed by atoms with Gasteiger partial charge >= 0.3 is 5.97 Å². The smallest absolute Gasteiger partial charge is 0.331 e. The number of amides is 1. The quantitative estimate of drug-likeness (QED) is 0.475. The highest BCUT2D eigenvalue weighted by Gasteiger charge is 2.41. The molecule has 8 heteroatoms. The van der Waals surface area contributed by atoms with Gasteiger partial charge in [-0.3, -0.25) is 9.69 Å². The van der Waals surface area contributed by atoms with Gasteiger partial charge in [-0.1, -0.05) is 60.4 Å². The Morgan fingerprint density at radius 1 is 1.13 bits per heavy atom. The van der Waals surface area contributed by atoms with E-state index >= 15 is 0 Å². The first-order valence-electron chi connectivity index (χ1n) is 9.40. The van der Waals surface area contributed by atoms with Crippen molar-refractivity contribution < 1.29 is 24.2 Å². The number of thiocarbonyl (C=S) groups is 1. The molecule has 0 radical (unpaired) electrons.